The van der Waals surface area contributed by atoms with Crippen LogP contribution < -0.4 is 5.73 Å². The lowest BCUT2D eigenvalue weighted by Gasteiger charge is -2.27. The molecule has 1 aromatic heterocycles. The normalized spacial score (nSPS) is 14.1. The van der Waals surface area contributed by atoms with Crippen LogP contribution in [0.1, 0.15) is 32.5 Å². The van der Waals surface area contributed by atoms with Crippen molar-refractivity contribution in [1.82, 2.24) is 4.98 Å². The van der Waals surface area contributed by atoms with Crippen LogP contribution in [0.15, 0.2) is 12.1 Å². The van der Waals surface area contributed by atoms with E-state index >= 15 is 0 Å². The first kappa shape index (κ1) is 11.8. The monoisotopic (exact) mass is 232 g/mol. The highest BCUT2D eigenvalue weighted by Crippen LogP contribution is 2.33. The van der Waals surface area contributed by atoms with Crippen LogP contribution in [0.3, 0.4) is 0 Å². The molecule has 2 N–H and O–H groups in total. The SMILES string of the molecule is CC(C)(C)C(N)c1nc(Cl)ccc1Cl. The fourth-order valence-corrected chi connectivity index (χ4v) is 1.44. The Kier molecular flexibility index (Phi) is 3.40. The molecule has 0 fully saturated rings. The molecule has 0 bridgehead atoms. The van der Waals surface area contributed by atoms with Gasteiger partial charge in [0.15, 0.2) is 0 Å². The van der Waals surface area contributed by atoms with Gasteiger partial charge in [0.05, 0.1) is 16.8 Å². The molecule has 1 aromatic rings. The molecule has 0 saturated heterocycles. The molecule has 0 aromatic carbocycles. The Hall–Kier alpha value is -0.310. The van der Waals surface area contributed by atoms with Crippen molar-refractivity contribution in [1.29, 1.82) is 0 Å². The Bertz CT molecular complexity index is 331. The third-order valence-corrected chi connectivity index (χ3v) is 2.60. The molecule has 1 atom stereocenters. The summed E-state index contributed by atoms with van der Waals surface area (Å²) < 4.78 is 0. The largest absolute Gasteiger partial charge is 0.322 e. The van der Waals surface area contributed by atoms with E-state index in [0.717, 1.165) is 0 Å². The Morgan fingerprint density at radius 2 is 1.86 bits per heavy atom. The molecule has 2 nitrogen and oxygen atoms in total. The van der Waals surface area contributed by atoms with Gasteiger partial charge >= 0.3 is 0 Å². The van der Waals surface area contributed by atoms with Gasteiger partial charge in [-0.15, -0.1) is 0 Å². The molecule has 0 aliphatic heterocycles. The van der Waals surface area contributed by atoms with Crippen LogP contribution in [-0.2, 0) is 0 Å². The minimum absolute atomic E-state index is 0.0820. The molecular weight excluding hydrogens is 219 g/mol. The fourth-order valence-electron chi connectivity index (χ4n) is 1.06. The first-order valence-corrected chi connectivity index (χ1v) is 5.15. The third-order valence-electron chi connectivity index (χ3n) is 2.07. The second-order valence-electron chi connectivity index (χ2n) is 4.34. The summed E-state index contributed by atoms with van der Waals surface area (Å²) in [7, 11) is 0. The fraction of sp³-hybridized carbons (Fsp3) is 0.500. The molecule has 1 heterocycles. The van der Waals surface area contributed by atoms with Crippen molar-refractivity contribution >= 4 is 23.2 Å². The molecule has 1 rings (SSSR count). The zero-order valence-electron chi connectivity index (χ0n) is 8.51. The minimum atomic E-state index is -0.214. The van der Waals surface area contributed by atoms with Gasteiger partial charge in [-0.2, -0.15) is 0 Å². The highest BCUT2D eigenvalue weighted by Gasteiger charge is 2.25. The van der Waals surface area contributed by atoms with E-state index in [9.17, 15) is 0 Å². The van der Waals surface area contributed by atoms with E-state index in [1.165, 1.54) is 0 Å². The first-order chi connectivity index (χ1) is 6.32. The summed E-state index contributed by atoms with van der Waals surface area (Å²) in [5, 5.41) is 0.987. The van der Waals surface area contributed by atoms with Gasteiger partial charge < -0.3 is 5.73 Å². The third kappa shape index (κ3) is 2.59. The van der Waals surface area contributed by atoms with E-state index < -0.39 is 0 Å². The molecule has 0 radical (unpaired) electrons. The maximum atomic E-state index is 6.04. The summed E-state index contributed by atoms with van der Waals surface area (Å²) in [5.74, 6) is 0. The highest BCUT2D eigenvalue weighted by molar-refractivity contribution is 6.32. The number of pyridine rings is 1. The summed E-state index contributed by atoms with van der Waals surface area (Å²) in [4.78, 5) is 4.15. The predicted octanol–water partition coefficient (Wildman–Crippen LogP) is 3.43. The topological polar surface area (TPSA) is 38.9 Å². The Labute approximate surface area is 94.4 Å². The van der Waals surface area contributed by atoms with Crippen molar-refractivity contribution in [2.75, 3.05) is 0 Å². The molecule has 4 heteroatoms. The lowest BCUT2D eigenvalue weighted by Crippen LogP contribution is -2.27. The molecule has 0 amide bonds. The van der Waals surface area contributed by atoms with Crippen LogP contribution in [-0.4, -0.2) is 4.98 Å². The average Bonchev–Trinajstić information content (AvgIpc) is 2.06. The van der Waals surface area contributed by atoms with Crippen molar-refractivity contribution in [2.45, 2.75) is 26.8 Å². The number of nitrogens with zero attached hydrogens (tertiary/aromatic N) is 1. The van der Waals surface area contributed by atoms with Crippen molar-refractivity contribution in [3.8, 4) is 0 Å². The van der Waals surface area contributed by atoms with Crippen molar-refractivity contribution in [3.05, 3.63) is 28.0 Å². The molecule has 0 aliphatic carbocycles. The molecule has 0 saturated carbocycles. The van der Waals surface area contributed by atoms with Crippen LogP contribution in [0.2, 0.25) is 10.2 Å². The average molecular weight is 233 g/mol. The summed E-state index contributed by atoms with van der Waals surface area (Å²) in [6, 6.07) is 3.16. The van der Waals surface area contributed by atoms with Crippen LogP contribution in [0.25, 0.3) is 0 Å². The van der Waals surface area contributed by atoms with E-state index in [4.69, 9.17) is 28.9 Å². The van der Waals surface area contributed by atoms with Gasteiger partial charge in [0.2, 0.25) is 0 Å². The molecule has 0 spiro atoms. The van der Waals surface area contributed by atoms with Gasteiger partial charge in [-0.1, -0.05) is 44.0 Å². The molecule has 14 heavy (non-hydrogen) atoms. The maximum Gasteiger partial charge on any atom is 0.129 e. The number of halogens is 2. The van der Waals surface area contributed by atoms with Gasteiger partial charge in [-0.3, -0.25) is 0 Å². The number of rotatable bonds is 1. The standard InChI is InChI=1S/C10H14Cl2N2/c1-10(2,3)9(13)8-6(11)4-5-7(12)14-8/h4-5,9H,13H2,1-3H3. The zero-order valence-corrected chi connectivity index (χ0v) is 10.0. The second kappa shape index (κ2) is 4.05. The van der Waals surface area contributed by atoms with Crippen molar-refractivity contribution in [3.63, 3.8) is 0 Å². The molecule has 78 valence electrons. The van der Waals surface area contributed by atoms with Crippen LogP contribution in [0, 0.1) is 5.41 Å². The smallest absolute Gasteiger partial charge is 0.129 e. The summed E-state index contributed by atoms with van der Waals surface area (Å²) in [6.07, 6.45) is 0. The van der Waals surface area contributed by atoms with E-state index in [1.807, 2.05) is 20.8 Å². The van der Waals surface area contributed by atoms with Gasteiger partial charge in [-0.25, -0.2) is 4.98 Å². The minimum Gasteiger partial charge on any atom is -0.322 e. The molecular formula is C10H14Cl2N2. The number of hydrogen-bond donors (Lipinski definition) is 1. The van der Waals surface area contributed by atoms with Gasteiger partial charge in [-0.05, 0) is 17.5 Å². The van der Waals surface area contributed by atoms with E-state index in [-0.39, 0.29) is 11.5 Å². The summed E-state index contributed by atoms with van der Waals surface area (Å²) >= 11 is 11.8. The molecule has 0 aliphatic rings. The lowest BCUT2D eigenvalue weighted by molar-refractivity contribution is 0.321. The number of aromatic nitrogens is 1. The number of nitrogens with two attached hydrogens (primary N) is 1. The van der Waals surface area contributed by atoms with E-state index in [1.54, 1.807) is 12.1 Å². The van der Waals surface area contributed by atoms with Crippen molar-refractivity contribution < 1.29 is 0 Å². The molecule has 1 unspecified atom stereocenters. The van der Waals surface area contributed by atoms with Crippen molar-refractivity contribution in [2.24, 2.45) is 11.1 Å². The van der Waals surface area contributed by atoms with Gasteiger partial charge in [0.25, 0.3) is 0 Å². The van der Waals surface area contributed by atoms with E-state index in [2.05, 4.69) is 4.98 Å². The highest BCUT2D eigenvalue weighted by atomic mass is 35.5. The van der Waals surface area contributed by atoms with Gasteiger partial charge in [0, 0.05) is 0 Å². The van der Waals surface area contributed by atoms with E-state index in [0.29, 0.717) is 15.9 Å². The Morgan fingerprint density at radius 1 is 1.29 bits per heavy atom. The second-order valence-corrected chi connectivity index (χ2v) is 5.14. The Morgan fingerprint density at radius 3 is 2.36 bits per heavy atom. The van der Waals surface area contributed by atoms with Crippen LogP contribution in [0.5, 0.6) is 0 Å². The van der Waals surface area contributed by atoms with Crippen LogP contribution in [0.4, 0.5) is 0 Å². The number of hydrogen-bond acceptors (Lipinski definition) is 2. The summed E-state index contributed by atoms with van der Waals surface area (Å²) in [6.45, 7) is 6.11. The zero-order chi connectivity index (χ0) is 10.9. The Balaban J connectivity index is 3.12. The van der Waals surface area contributed by atoms with Gasteiger partial charge in [0.1, 0.15) is 5.15 Å². The predicted molar refractivity (Wildman–Crippen MR) is 60.6 cm³/mol. The quantitative estimate of drug-likeness (QED) is 0.754. The first-order valence-electron chi connectivity index (χ1n) is 4.40. The lowest BCUT2D eigenvalue weighted by atomic mass is 9.85. The maximum absolute atomic E-state index is 6.04. The summed E-state index contributed by atoms with van der Waals surface area (Å²) in [5.41, 5.74) is 6.61. The van der Waals surface area contributed by atoms with Crippen LogP contribution >= 0.6 is 23.2 Å².